The van der Waals surface area contributed by atoms with Gasteiger partial charge in [-0.3, -0.25) is 4.79 Å². The molecule has 0 radical (unpaired) electrons. The summed E-state index contributed by atoms with van der Waals surface area (Å²) in [6, 6.07) is 5.04. The van der Waals surface area contributed by atoms with Gasteiger partial charge in [-0.1, -0.05) is 0 Å². The maximum Gasteiger partial charge on any atom is 0.256 e. The van der Waals surface area contributed by atoms with Crippen molar-refractivity contribution in [3.63, 3.8) is 0 Å². The molecule has 1 rings (SSSR count). The van der Waals surface area contributed by atoms with E-state index < -0.39 is 5.60 Å². The Kier molecular flexibility index (Phi) is 3.96. The molecule has 17 heavy (non-hydrogen) atoms. The van der Waals surface area contributed by atoms with Gasteiger partial charge in [-0.2, -0.15) is 0 Å². The second kappa shape index (κ2) is 5.05. The van der Waals surface area contributed by atoms with Crippen molar-refractivity contribution in [3.8, 4) is 5.75 Å². The first kappa shape index (κ1) is 13.3. The highest BCUT2D eigenvalue weighted by Gasteiger charge is 2.27. The van der Waals surface area contributed by atoms with Crippen molar-refractivity contribution in [2.45, 2.75) is 19.4 Å². The van der Waals surface area contributed by atoms with Crippen LogP contribution in [-0.2, 0) is 9.53 Å². The summed E-state index contributed by atoms with van der Waals surface area (Å²) >= 11 is 0. The molecular weight excluding hydrogens is 220 g/mol. The van der Waals surface area contributed by atoms with Gasteiger partial charge in [0.15, 0.2) is 0 Å². The van der Waals surface area contributed by atoms with E-state index in [1.54, 1.807) is 32.0 Å². The number of nitrogen functional groups attached to an aromatic ring is 1. The summed E-state index contributed by atoms with van der Waals surface area (Å²) in [5.74, 6) is 0.295. The third-order valence-electron chi connectivity index (χ3n) is 2.53. The maximum absolute atomic E-state index is 11.9. The topological polar surface area (TPSA) is 73.6 Å². The first-order valence-corrected chi connectivity index (χ1v) is 5.21. The van der Waals surface area contributed by atoms with Crippen molar-refractivity contribution >= 4 is 17.3 Å². The van der Waals surface area contributed by atoms with Gasteiger partial charge in [0.05, 0.1) is 12.8 Å². The van der Waals surface area contributed by atoms with E-state index in [4.69, 9.17) is 15.2 Å². The minimum Gasteiger partial charge on any atom is -0.495 e. The van der Waals surface area contributed by atoms with E-state index in [2.05, 4.69) is 5.32 Å². The number of amides is 1. The number of methoxy groups -OCH3 is 2. The summed E-state index contributed by atoms with van der Waals surface area (Å²) in [6.45, 7) is 3.36. The predicted octanol–water partition coefficient (Wildman–Crippen LogP) is 1.64. The fourth-order valence-corrected chi connectivity index (χ4v) is 1.19. The molecule has 0 spiro atoms. The summed E-state index contributed by atoms with van der Waals surface area (Å²) in [7, 11) is 3.01. The summed E-state index contributed by atoms with van der Waals surface area (Å²) < 4.78 is 10.2. The summed E-state index contributed by atoms with van der Waals surface area (Å²) in [6.07, 6.45) is 0. The molecule has 0 aliphatic carbocycles. The molecule has 0 bridgehead atoms. The van der Waals surface area contributed by atoms with Gasteiger partial charge in [0.25, 0.3) is 5.91 Å². The zero-order valence-corrected chi connectivity index (χ0v) is 10.5. The van der Waals surface area contributed by atoms with E-state index in [9.17, 15) is 4.79 Å². The quantitative estimate of drug-likeness (QED) is 0.782. The van der Waals surface area contributed by atoms with E-state index in [0.29, 0.717) is 17.1 Å². The van der Waals surface area contributed by atoms with Gasteiger partial charge in [-0.05, 0) is 32.0 Å². The molecule has 0 aliphatic rings. The zero-order chi connectivity index (χ0) is 13.1. The number of nitrogens with two attached hydrogens (primary N) is 1. The van der Waals surface area contributed by atoms with Crippen LogP contribution in [0.15, 0.2) is 18.2 Å². The molecule has 0 unspecified atom stereocenters. The molecule has 0 fully saturated rings. The molecule has 0 aromatic heterocycles. The molecule has 5 heteroatoms. The molecule has 5 nitrogen and oxygen atoms in total. The Labute approximate surface area is 101 Å². The average Bonchev–Trinajstić information content (AvgIpc) is 2.29. The number of rotatable bonds is 4. The number of hydrogen-bond donors (Lipinski definition) is 2. The van der Waals surface area contributed by atoms with Crippen LogP contribution < -0.4 is 15.8 Å². The molecule has 0 atom stereocenters. The van der Waals surface area contributed by atoms with Crippen LogP contribution in [0.5, 0.6) is 5.75 Å². The monoisotopic (exact) mass is 238 g/mol. The molecule has 0 aliphatic heterocycles. The molecule has 1 aromatic rings. The van der Waals surface area contributed by atoms with Gasteiger partial charge in [0.2, 0.25) is 0 Å². The molecule has 0 saturated heterocycles. The van der Waals surface area contributed by atoms with Crippen LogP contribution >= 0.6 is 0 Å². The van der Waals surface area contributed by atoms with Crippen LogP contribution in [-0.4, -0.2) is 25.7 Å². The standard InChI is InChI=1S/C12H18N2O3/c1-12(2,17-4)11(15)14-9-7-8(13)5-6-10(9)16-3/h5-7H,13H2,1-4H3,(H,14,15). The van der Waals surface area contributed by atoms with Crippen molar-refractivity contribution in [2.75, 3.05) is 25.3 Å². The van der Waals surface area contributed by atoms with Crippen LogP contribution in [0.1, 0.15) is 13.8 Å². The lowest BCUT2D eigenvalue weighted by atomic mass is 10.1. The lowest BCUT2D eigenvalue weighted by Gasteiger charge is -2.22. The fraction of sp³-hybridized carbons (Fsp3) is 0.417. The highest BCUT2D eigenvalue weighted by Crippen LogP contribution is 2.27. The van der Waals surface area contributed by atoms with Crippen LogP contribution in [0.2, 0.25) is 0 Å². The Balaban J connectivity index is 2.95. The number of benzene rings is 1. The second-order valence-electron chi connectivity index (χ2n) is 4.13. The fourth-order valence-electron chi connectivity index (χ4n) is 1.19. The summed E-state index contributed by atoms with van der Waals surface area (Å²) in [5, 5.41) is 2.72. The molecule has 3 N–H and O–H groups in total. The van der Waals surface area contributed by atoms with Gasteiger partial charge in [-0.25, -0.2) is 0 Å². The molecule has 94 valence electrons. The van der Waals surface area contributed by atoms with Crippen molar-refractivity contribution in [1.29, 1.82) is 0 Å². The Hall–Kier alpha value is -1.75. The van der Waals surface area contributed by atoms with E-state index in [1.807, 2.05) is 0 Å². The Morgan fingerprint density at radius 2 is 2.00 bits per heavy atom. The van der Waals surface area contributed by atoms with Gasteiger partial charge in [0.1, 0.15) is 11.4 Å². The van der Waals surface area contributed by atoms with Crippen LogP contribution in [0.25, 0.3) is 0 Å². The smallest absolute Gasteiger partial charge is 0.256 e. The first-order chi connectivity index (χ1) is 7.90. The van der Waals surface area contributed by atoms with E-state index >= 15 is 0 Å². The lowest BCUT2D eigenvalue weighted by Crippen LogP contribution is -2.38. The summed E-state index contributed by atoms with van der Waals surface area (Å²) in [5.41, 5.74) is 5.84. The molecule has 0 heterocycles. The highest BCUT2D eigenvalue weighted by molar-refractivity contribution is 5.98. The highest BCUT2D eigenvalue weighted by atomic mass is 16.5. The number of anilines is 2. The van der Waals surface area contributed by atoms with Crippen LogP contribution in [0.3, 0.4) is 0 Å². The van der Waals surface area contributed by atoms with Crippen molar-refractivity contribution < 1.29 is 14.3 Å². The Bertz CT molecular complexity index is 416. The predicted molar refractivity (Wildman–Crippen MR) is 67.1 cm³/mol. The number of carbonyl (C=O) groups is 1. The number of nitrogens with one attached hydrogen (secondary N) is 1. The third-order valence-corrected chi connectivity index (χ3v) is 2.53. The van der Waals surface area contributed by atoms with Crippen LogP contribution in [0.4, 0.5) is 11.4 Å². The van der Waals surface area contributed by atoms with Crippen molar-refractivity contribution in [1.82, 2.24) is 0 Å². The van der Waals surface area contributed by atoms with Crippen LogP contribution in [0, 0.1) is 0 Å². The minimum absolute atomic E-state index is 0.260. The normalized spacial score (nSPS) is 11.1. The van der Waals surface area contributed by atoms with E-state index in [1.165, 1.54) is 14.2 Å². The maximum atomic E-state index is 11.9. The number of carbonyl (C=O) groups excluding carboxylic acids is 1. The van der Waals surface area contributed by atoms with Crippen molar-refractivity contribution in [2.24, 2.45) is 0 Å². The summed E-state index contributed by atoms with van der Waals surface area (Å²) in [4.78, 5) is 11.9. The minimum atomic E-state index is -0.907. The van der Waals surface area contributed by atoms with Crippen molar-refractivity contribution in [3.05, 3.63) is 18.2 Å². The molecule has 0 saturated carbocycles. The SMILES string of the molecule is COc1ccc(N)cc1NC(=O)C(C)(C)OC. The molecular formula is C12H18N2O3. The Morgan fingerprint density at radius 3 is 2.53 bits per heavy atom. The van der Waals surface area contributed by atoms with Gasteiger partial charge < -0.3 is 20.5 Å². The number of ether oxygens (including phenoxy) is 2. The average molecular weight is 238 g/mol. The zero-order valence-electron chi connectivity index (χ0n) is 10.5. The van der Waals surface area contributed by atoms with Gasteiger partial charge in [0, 0.05) is 12.8 Å². The van der Waals surface area contributed by atoms with E-state index in [0.717, 1.165) is 0 Å². The first-order valence-electron chi connectivity index (χ1n) is 5.21. The van der Waals surface area contributed by atoms with E-state index in [-0.39, 0.29) is 5.91 Å². The molecule has 1 aromatic carbocycles. The molecule has 1 amide bonds. The lowest BCUT2D eigenvalue weighted by molar-refractivity contribution is -0.133. The van der Waals surface area contributed by atoms with Gasteiger partial charge >= 0.3 is 0 Å². The van der Waals surface area contributed by atoms with Gasteiger partial charge in [-0.15, -0.1) is 0 Å². The second-order valence-corrected chi connectivity index (χ2v) is 4.13. The third kappa shape index (κ3) is 3.10. The largest absolute Gasteiger partial charge is 0.495 e. The number of hydrogen-bond acceptors (Lipinski definition) is 4. The Morgan fingerprint density at radius 1 is 1.35 bits per heavy atom.